The van der Waals surface area contributed by atoms with Gasteiger partial charge in [0.2, 0.25) is 5.91 Å². The molecule has 0 aromatic heterocycles. The molecule has 1 unspecified atom stereocenters. The first-order chi connectivity index (χ1) is 7.03. The molecule has 84 valence electrons. The molecule has 2 aliphatic rings. The predicted molar refractivity (Wildman–Crippen MR) is 53.3 cm³/mol. The molecule has 0 bridgehead atoms. The molecule has 2 N–H and O–H groups in total. The fourth-order valence-electron chi connectivity index (χ4n) is 2.18. The molecule has 1 amide bonds. The van der Waals surface area contributed by atoms with Crippen LogP contribution in [0.3, 0.4) is 0 Å². The molecule has 0 aromatic carbocycles. The number of rotatable bonds is 2. The fourth-order valence-corrected chi connectivity index (χ4v) is 2.18. The average molecular weight is 212 g/mol. The summed E-state index contributed by atoms with van der Waals surface area (Å²) in [5.74, 6) is -1.05. The molecule has 0 radical (unpaired) electrons. The highest BCUT2D eigenvalue weighted by atomic mass is 16.4. The highest BCUT2D eigenvalue weighted by Crippen LogP contribution is 2.30. The SMILES string of the molecule is CC1(C(=O)N2CC(C(=O)O)C2)CCNC1. The number of aliphatic carboxylic acids is 1. The van der Waals surface area contributed by atoms with Crippen molar-refractivity contribution in [2.45, 2.75) is 13.3 Å². The predicted octanol–water partition coefficient (Wildman–Crippen LogP) is -0.471. The standard InChI is InChI=1S/C10H16N2O3/c1-10(2-3-11-6-10)9(15)12-4-7(5-12)8(13)14/h7,11H,2-6H2,1H3,(H,13,14). The lowest BCUT2D eigenvalue weighted by Gasteiger charge is -2.41. The van der Waals surface area contributed by atoms with Crippen LogP contribution < -0.4 is 5.32 Å². The second kappa shape index (κ2) is 3.48. The van der Waals surface area contributed by atoms with Crippen molar-refractivity contribution in [3.63, 3.8) is 0 Å². The maximum Gasteiger partial charge on any atom is 0.310 e. The lowest BCUT2D eigenvalue weighted by atomic mass is 9.85. The minimum absolute atomic E-state index is 0.102. The van der Waals surface area contributed by atoms with Crippen LogP contribution in [-0.2, 0) is 9.59 Å². The van der Waals surface area contributed by atoms with Gasteiger partial charge in [0, 0.05) is 19.6 Å². The molecule has 2 saturated heterocycles. The van der Waals surface area contributed by atoms with Crippen molar-refractivity contribution in [1.82, 2.24) is 10.2 Å². The van der Waals surface area contributed by atoms with Crippen molar-refractivity contribution < 1.29 is 14.7 Å². The summed E-state index contributed by atoms with van der Waals surface area (Å²) in [6.07, 6.45) is 0.847. The van der Waals surface area contributed by atoms with Gasteiger partial charge in [0.25, 0.3) is 0 Å². The van der Waals surface area contributed by atoms with E-state index in [1.165, 1.54) is 0 Å². The van der Waals surface area contributed by atoms with Crippen LogP contribution in [0.2, 0.25) is 0 Å². The Morgan fingerprint density at radius 3 is 2.60 bits per heavy atom. The number of likely N-dealkylation sites (tertiary alicyclic amines) is 1. The number of carbonyl (C=O) groups is 2. The molecule has 2 aliphatic heterocycles. The van der Waals surface area contributed by atoms with Gasteiger partial charge in [0.05, 0.1) is 11.3 Å². The summed E-state index contributed by atoms with van der Waals surface area (Å²) in [5.41, 5.74) is -0.316. The third-order valence-corrected chi connectivity index (χ3v) is 3.40. The first-order valence-electron chi connectivity index (χ1n) is 5.26. The van der Waals surface area contributed by atoms with E-state index in [9.17, 15) is 9.59 Å². The maximum absolute atomic E-state index is 12.0. The Balaban J connectivity index is 1.91. The molecule has 2 fully saturated rings. The lowest BCUT2D eigenvalue weighted by molar-refractivity contribution is -0.157. The van der Waals surface area contributed by atoms with E-state index in [0.717, 1.165) is 13.0 Å². The van der Waals surface area contributed by atoms with Crippen molar-refractivity contribution in [1.29, 1.82) is 0 Å². The van der Waals surface area contributed by atoms with E-state index in [1.807, 2.05) is 6.92 Å². The van der Waals surface area contributed by atoms with Crippen molar-refractivity contribution in [3.05, 3.63) is 0 Å². The zero-order chi connectivity index (χ0) is 11.1. The summed E-state index contributed by atoms with van der Waals surface area (Å²) in [6, 6.07) is 0. The highest BCUT2D eigenvalue weighted by molar-refractivity contribution is 5.85. The Bertz CT molecular complexity index is 291. The largest absolute Gasteiger partial charge is 0.481 e. The number of hydrogen-bond donors (Lipinski definition) is 2. The number of nitrogens with zero attached hydrogens (tertiary/aromatic N) is 1. The molecule has 0 aliphatic carbocycles. The van der Waals surface area contributed by atoms with Crippen LogP contribution in [0.15, 0.2) is 0 Å². The van der Waals surface area contributed by atoms with Gasteiger partial charge >= 0.3 is 5.97 Å². The quantitative estimate of drug-likeness (QED) is 0.649. The number of carbonyl (C=O) groups excluding carboxylic acids is 1. The molecule has 0 aromatic rings. The fraction of sp³-hybridized carbons (Fsp3) is 0.800. The van der Waals surface area contributed by atoms with E-state index in [0.29, 0.717) is 19.6 Å². The number of carboxylic acid groups (broad SMARTS) is 1. The number of nitrogens with one attached hydrogen (secondary N) is 1. The summed E-state index contributed by atoms with van der Waals surface area (Å²) in [6.45, 7) is 4.29. The van der Waals surface area contributed by atoms with Crippen LogP contribution in [-0.4, -0.2) is 48.1 Å². The van der Waals surface area contributed by atoms with Crippen LogP contribution in [0.5, 0.6) is 0 Å². The van der Waals surface area contributed by atoms with Crippen molar-refractivity contribution in [2.75, 3.05) is 26.2 Å². The van der Waals surface area contributed by atoms with E-state index < -0.39 is 5.97 Å². The van der Waals surface area contributed by atoms with Gasteiger partial charge in [0.1, 0.15) is 0 Å². The average Bonchev–Trinajstić information content (AvgIpc) is 2.49. The van der Waals surface area contributed by atoms with Crippen LogP contribution in [0.1, 0.15) is 13.3 Å². The van der Waals surface area contributed by atoms with Gasteiger partial charge in [-0.3, -0.25) is 9.59 Å². The first kappa shape index (κ1) is 10.4. The lowest BCUT2D eigenvalue weighted by Crippen LogP contribution is -2.57. The van der Waals surface area contributed by atoms with Crippen LogP contribution in [0.4, 0.5) is 0 Å². The van der Waals surface area contributed by atoms with Crippen LogP contribution in [0.25, 0.3) is 0 Å². The van der Waals surface area contributed by atoms with Gasteiger partial charge in [-0.2, -0.15) is 0 Å². The van der Waals surface area contributed by atoms with Crippen LogP contribution in [0, 0.1) is 11.3 Å². The van der Waals surface area contributed by atoms with E-state index >= 15 is 0 Å². The molecular formula is C10H16N2O3. The third kappa shape index (κ3) is 1.71. The Morgan fingerprint density at radius 1 is 1.47 bits per heavy atom. The van der Waals surface area contributed by atoms with E-state index in [4.69, 9.17) is 5.11 Å². The number of amides is 1. The molecule has 1 atom stereocenters. The zero-order valence-corrected chi connectivity index (χ0v) is 8.82. The summed E-state index contributed by atoms with van der Waals surface area (Å²) >= 11 is 0. The van der Waals surface area contributed by atoms with E-state index in [1.54, 1.807) is 4.90 Å². The smallest absolute Gasteiger partial charge is 0.310 e. The summed E-state index contributed by atoms with van der Waals surface area (Å²) in [5, 5.41) is 11.9. The third-order valence-electron chi connectivity index (χ3n) is 3.40. The molecule has 5 heteroatoms. The van der Waals surface area contributed by atoms with Crippen molar-refractivity contribution in [2.24, 2.45) is 11.3 Å². The molecular weight excluding hydrogens is 196 g/mol. The van der Waals surface area contributed by atoms with Gasteiger partial charge in [-0.25, -0.2) is 0 Å². The molecule has 0 spiro atoms. The Labute approximate surface area is 88.4 Å². The normalized spacial score (nSPS) is 31.4. The zero-order valence-electron chi connectivity index (χ0n) is 8.82. The monoisotopic (exact) mass is 212 g/mol. The second-order valence-electron chi connectivity index (χ2n) is 4.73. The Morgan fingerprint density at radius 2 is 2.13 bits per heavy atom. The van der Waals surface area contributed by atoms with Gasteiger partial charge < -0.3 is 15.3 Å². The Kier molecular flexibility index (Phi) is 2.42. The molecule has 5 nitrogen and oxygen atoms in total. The number of carboxylic acids is 1. The minimum atomic E-state index is -0.797. The van der Waals surface area contributed by atoms with Gasteiger partial charge in [-0.05, 0) is 19.9 Å². The maximum atomic E-state index is 12.0. The van der Waals surface area contributed by atoms with Crippen molar-refractivity contribution >= 4 is 11.9 Å². The second-order valence-corrected chi connectivity index (χ2v) is 4.73. The topological polar surface area (TPSA) is 69.6 Å². The molecule has 0 saturated carbocycles. The van der Waals surface area contributed by atoms with E-state index in [-0.39, 0.29) is 17.2 Å². The molecule has 2 rings (SSSR count). The molecule has 15 heavy (non-hydrogen) atoms. The van der Waals surface area contributed by atoms with Gasteiger partial charge in [-0.1, -0.05) is 0 Å². The van der Waals surface area contributed by atoms with Gasteiger partial charge in [0.15, 0.2) is 0 Å². The van der Waals surface area contributed by atoms with Crippen LogP contribution >= 0.6 is 0 Å². The number of hydrogen-bond acceptors (Lipinski definition) is 3. The summed E-state index contributed by atoms with van der Waals surface area (Å²) in [7, 11) is 0. The first-order valence-corrected chi connectivity index (χ1v) is 5.26. The summed E-state index contributed by atoms with van der Waals surface area (Å²) < 4.78 is 0. The van der Waals surface area contributed by atoms with Gasteiger partial charge in [-0.15, -0.1) is 0 Å². The summed E-state index contributed by atoms with van der Waals surface area (Å²) in [4.78, 5) is 24.3. The Hall–Kier alpha value is -1.10. The molecule has 2 heterocycles. The van der Waals surface area contributed by atoms with E-state index in [2.05, 4.69) is 5.32 Å². The minimum Gasteiger partial charge on any atom is -0.481 e. The highest BCUT2D eigenvalue weighted by Gasteiger charge is 2.44. The van der Waals surface area contributed by atoms with Crippen molar-refractivity contribution in [3.8, 4) is 0 Å².